The number of hydrogen-bond acceptors (Lipinski definition) is 4. The molecule has 2 aromatic rings. The van der Waals surface area contributed by atoms with E-state index in [1.807, 2.05) is 44.3 Å². The lowest BCUT2D eigenvalue weighted by atomic mass is 10.2. The highest BCUT2D eigenvalue weighted by molar-refractivity contribution is 6.04. The second-order valence-corrected chi connectivity index (χ2v) is 5.63. The number of carbonyl (C=O) groups is 1. The van der Waals surface area contributed by atoms with Gasteiger partial charge in [-0.3, -0.25) is 4.79 Å². The minimum Gasteiger partial charge on any atom is -0.360 e. The van der Waals surface area contributed by atoms with Crippen molar-refractivity contribution in [2.75, 3.05) is 30.4 Å². The molecule has 0 unspecified atom stereocenters. The van der Waals surface area contributed by atoms with Crippen LogP contribution in [0.4, 0.5) is 11.5 Å². The molecular formula is C18H24N4O. The quantitative estimate of drug-likeness (QED) is 0.821. The summed E-state index contributed by atoms with van der Waals surface area (Å²) in [4.78, 5) is 25.1. The molecule has 0 aliphatic carbocycles. The van der Waals surface area contributed by atoms with Gasteiger partial charge in [-0.25, -0.2) is 9.97 Å². The maximum absolute atomic E-state index is 12.7. The largest absolute Gasteiger partial charge is 0.360 e. The first-order chi connectivity index (χ1) is 11.0. The Kier molecular flexibility index (Phi) is 5.68. The molecule has 0 spiro atoms. The number of anilines is 2. The van der Waals surface area contributed by atoms with Crippen molar-refractivity contribution in [3.8, 4) is 0 Å². The summed E-state index contributed by atoms with van der Waals surface area (Å²) in [6, 6.07) is 11.3. The Morgan fingerprint density at radius 3 is 2.48 bits per heavy atom. The number of amides is 1. The molecule has 23 heavy (non-hydrogen) atoms. The zero-order valence-corrected chi connectivity index (χ0v) is 14.3. The summed E-state index contributed by atoms with van der Waals surface area (Å²) < 4.78 is 0. The highest BCUT2D eigenvalue weighted by Gasteiger charge is 2.17. The normalized spacial score (nSPS) is 10.4. The number of benzene rings is 1. The van der Waals surface area contributed by atoms with Crippen molar-refractivity contribution < 1.29 is 4.79 Å². The van der Waals surface area contributed by atoms with Crippen molar-refractivity contribution >= 4 is 17.4 Å². The summed E-state index contributed by atoms with van der Waals surface area (Å²) in [5.74, 6) is 1.26. The molecule has 1 aromatic carbocycles. The van der Waals surface area contributed by atoms with E-state index in [0.29, 0.717) is 11.5 Å². The van der Waals surface area contributed by atoms with Crippen LogP contribution in [0.1, 0.15) is 36.1 Å². The first-order valence-electron chi connectivity index (χ1n) is 7.93. The molecule has 0 aliphatic heterocycles. The van der Waals surface area contributed by atoms with Gasteiger partial charge in [0.25, 0.3) is 5.91 Å². The number of nitrogens with zero attached hydrogens (tertiary/aromatic N) is 4. The van der Waals surface area contributed by atoms with E-state index in [4.69, 9.17) is 0 Å². The molecule has 5 nitrogen and oxygen atoms in total. The molecule has 0 radical (unpaired) electrons. The molecule has 0 aliphatic rings. The zero-order chi connectivity index (χ0) is 16.8. The first kappa shape index (κ1) is 16.9. The predicted molar refractivity (Wildman–Crippen MR) is 94.1 cm³/mol. The van der Waals surface area contributed by atoms with Crippen molar-refractivity contribution in [2.45, 2.75) is 26.7 Å². The summed E-state index contributed by atoms with van der Waals surface area (Å²) in [6.07, 6.45) is 2.21. The maximum Gasteiger partial charge on any atom is 0.276 e. The molecule has 2 rings (SSSR count). The van der Waals surface area contributed by atoms with Crippen molar-refractivity contribution in [3.05, 3.63) is 47.9 Å². The van der Waals surface area contributed by atoms with Crippen molar-refractivity contribution in [2.24, 2.45) is 0 Å². The second-order valence-electron chi connectivity index (χ2n) is 5.63. The third kappa shape index (κ3) is 4.28. The second kappa shape index (κ2) is 7.72. The molecule has 1 amide bonds. The van der Waals surface area contributed by atoms with Crippen molar-refractivity contribution in [1.82, 2.24) is 9.97 Å². The van der Waals surface area contributed by atoms with Crippen LogP contribution < -0.4 is 9.80 Å². The van der Waals surface area contributed by atoms with Gasteiger partial charge in [0.2, 0.25) is 0 Å². The van der Waals surface area contributed by atoms with Crippen LogP contribution in [0.15, 0.2) is 36.4 Å². The average Bonchev–Trinajstić information content (AvgIpc) is 2.58. The highest BCUT2D eigenvalue weighted by Crippen LogP contribution is 2.17. The standard InChI is InChI=1S/C18H24N4O/c1-5-6-12-21(3)17-13-16(19-14(2)20-17)18(23)22(4)15-10-8-7-9-11-15/h7-11,13H,5-6,12H2,1-4H3. The van der Waals surface area contributed by atoms with Gasteiger partial charge in [-0.15, -0.1) is 0 Å². The number of aryl methyl sites for hydroxylation is 1. The average molecular weight is 312 g/mol. The SMILES string of the molecule is CCCCN(C)c1cc(C(=O)N(C)c2ccccc2)nc(C)n1. The smallest absolute Gasteiger partial charge is 0.276 e. The lowest BCUT2D eigenvalue weighted by Crippen LogP contribution is -2.28. The summed E-state index contributed by atoms with van der Waals surface area (Å²) in [7, 11) is 3.75. The molecule has 1 heterocycles. The molecule has 0 atom stereocenters. The lowest BCUT2D eigenvalue weighted by molar-refractivity contribution is 0.0988. The zero-order valence-electron chi connectivity index (χ0n) is 14.3. The molecule has 5 heteroatoms. The number of aromatic nitrogens is 2. The first-order valence-corrected chi connectivity index (χ1v) is 7.93. The minimum absolute atomic E-state index is 0.133. The van der Waals surface area contributed by atoms with Crippen molar-refractivity contribution in [3.63, 3.8) is 0 Å². The number of hydrogen-bond donors (Lipinski definition) is 0. The van der Waals surface area contributed by atoms with Gasteiger partial charge in [0.15, 0.2) is 0 Å². The van der Waals surface area contributed by atoms with Gasteiger partial charge in [0, 0.05) is 32.4 Å². The van der Waals surface area contributed by atoms with Crippen LogP contribution in [-0.4, -0.2) is 36.5 Å². The van der Waals surface area contributed by atoms with E-state index in [0.717, 1.165) is 30.9 Å². The molecule has 0 N–H and O–H groups in total. The van der Waals surface area contributed by atoms with Crippen LogP contribution in [0.5, 0.6) is 0 Å². The van der Waals surface area contributed by atoms with E-state index in [-0.39, 0.29) is 5.91 Å². The number of para-hydroxylation sites is 1. The molecule has 0 bridgehead atoms. The van der Waals surface area contributed by atoms with Crippen LogP contribution in [0.2, 0.25) is 0 Å². The van der Waals surface area contributed by atoms with Gasteiger partial charge in [-0.05, 0) is 25.5 Å². The Labute approximate surface area is 138 Å². The predicted octanol–water partition coefficient (Wildman–Crippen LogP) is 3.30. The monoisotopic (exact) mass is 312 g/mol. The van der Waals surface area contributed by atoms with Gasteiger partial charge in [-0.1, -0.05) is 31.5 Å². The molecule has 0 saturated heterocycles. The summed E-state index contributed by atoms with van der Waals surface area (Å²) in [5, 5.41) is 0. The van der Waals surface area contributed by atoms with E-state index < -0.39 is 0 Å². The topological polar surface area (TPSA) is 49.3 Å². The highest BCUT2D eigenvalue weighted by atomic mass is 16.2. The molecule has 1 aromatic heterocycles. The van der Waals surface area contributed by atoms with Crippen LogP contribution in [-0.2, 0) is 0 Å². The van der Waals surface area contributed by atoms with Crippen LogP contribution in [0.25, 0.3) is 0 Å². The molecule has 0 fully saturated rings. The van der Waals surface area contributed by atoms with Gasteiger partial charge < -0.3 is 9.80 Å². The van der Waals surface area contributed by atoms with Gasteiger partial charge in [-0.2, -0.15) is 0 Å². The summed E-state index contributed by atoms with van der Waals surface area (Å²) in [5.41, 5.74) is 1.26. The summed E-state index contributed by atoms with van der Waals surface area (Å²) in [6.45, 7) is 4.88. The maximum atomic E-state index is 12.7. The number of rotatable bonds is 6. The Bertz CT molecular complexity index is 657. The van der Waals surface area contributed by atoms with Crippen LogP contribution in [0, 0.1) is 6.92 Å². The Morgan fingerprint density at radius 1 is 1.13 bits per heavy atom. The van der Waals surface area contributed by atoms with E-state index in [9.17, 15) is 4.79 Å². The fourth-order valence-corrected chi connectivity index (χ4v) is 2.31. The van der Waals surface area contributed by atoms with E-state index >= 15 is 0 Å². The molecule has 0 saturated carbocycles. The van der Waals surface area contributed by atoms with E-state index in [1.165, 1.54) is 0 Å². The summed E-state index contributed by atoms with van der Waals surface area (Å²) >= 11 is 0. The van der Waals surface area contributed by atoms with Gasteiger partial charge in [0.05, 0.1) is 0 Å². The Hall–Kier alpha value is -2.43. The molecule has 122 valence electrons. The third-order valence-electron chi connectivity index (χ3n) is 3.73. The van der Waals surface area contributed by atoms with Crippen LogP contribution >= 0.6 is 0 Å². The van der Waals surface area contributed by atoms with E-state index in [1.54, 1.807) is 18.0 Å². The van der Waals surface area contributed by atoms with Gasteiger partial charge in [0.1, 0.15) is 17.3 Å². The third-order valence-corrected chi connectivity index (χ3v) is 3.73. The lowest BCUT2D eigenvalue weighted by Gasteiger charge is -2.20. The number of carbonyl (C=O) groups excluding carboxylic acids is 1. The molecular weight excluding hydrogens is 288 g/mol. The van der Waals surface area contributed by atoms with Gasteiger partial charge >= 0.3 is 0 Å². The minimum atomic E-state index is -0.133. The Balaban J connectivity index is 2.25. The van der Waals surface area contributed by atoms with E-state index in [2.05, 4.69) is 21.8 Å². The Morgan fingerprint density at radius 2 is 1.83 bits per heavy atom. The number of unbranched alkanes of at least 4 members (excludes halogenated alkanes) is 1. The van der Waals surface area contributed by atoms with Crippen LogP contribution in [0.3, 0.4) is 0 Å². The fraction of sp³-hybridized carbons (Fsp3) is 0.389. The van der Waals surface area contributed by atoms with Crippen molar-refractivity contribution in [1.29, 1.82) is 0 Å². The fourth-order valence-electron chi connectivity index (χ4n) is 2.31.